The van der Waals surface area contributed by atoms with Gasteiger partial charge in [-0.05, 0) is 48.9 Å². The van der Waals surface area contributed by atoms with Crippen molar-refractivity contribution in [3.63, 3.8) is 0 Å². The number of halogens is 4. The summed E-state index contributed by atoms with van der Waals surface area (Å²) in [7, 11) is 0. The number of rotatable bonds is 6. The van der Waals surface area contributed by atoms with Crippen molar-refractivity contribution in [1.29, 1.82) is 0 Å². The van der Waals surface area contributed by atoms with E-state index in [4.69, 9.17) is 9.47 Å². The van der Waals surface area contributed by atoms with E-state index in [-0.39, 0.29) is 46.9 Å². The monoisotopic (exact) mass is 536 g/mol. The van der Waals surface area contributed by atoms with Crippen LogP contribution in [0.15, 0.2) is 42.5 Å². The van der Waals surface area contributed by atoms with Crippen molar-refractivity contribution in [2.75, 3.05) is 39.4 Å². The van der Waals surface area contributed by atoms with E-state index in [1.54, 1.807) is 11.0 Å². The lowest BCUT2D eigenvalue weighted by Gasteiger charge is -2.50. The largest absolute Gasteiger partial charge is 0.573 e. The molecule has 206 valence electrons. The predicted octanol–water partition coefficient (Wildman–Crippen LogP) is 4.82. The Morgan fingerprint density at radius 3 is 2.63 bits per heavy atom. The number of amides is 1. The van der Waals surface area contributed by atoms with Crippen molar-refractivity contribution in [2.24, 2.45) is 5.41 Å². The molecule has 0 radical (unpaired) electrons. The van der Waals surface area contributed by atoms with Crippen LogP contribution in [0.4, 0.5) is 17.6 Å². The molecular formula is C28H32F4N2O4. The third kappa shape index (κ3) is 6.07. The number of likely N-dealkylation sites (tertiary alicyclic amines) is 1. The third-order valence-electron chi connectivity index (χ3n) is 8.07. The number of carbonyl (C=O) groups excluding carboxylic acids is 1. The van der Waals surface area contributed by atoms with Gasteiger partial charge in [0, 0.05) is 43.6 Å². The molecule has 0 aromatic heterocycles. The van der Waals surface area contributed by atoms with Crippen LogP contribution < -0.4 is 14.8 Å². The van der Waals surface area contributed by atoms with Crippen molar-refractivity contribution in [3.05, 3.63) is 59.4 Å². The maximum absolute atomic E-state index is 14.2. The Balaban J connectivity index is 1.29. The van der Waals surface area contributed by atoms with Gasteiger partial charge >= 0.3 is 6.36 Å². The minimum atomic E-state index is -4.83. The smallest absolute Gasteiger partial charge is 0.488 e. The summed E-state index contributed by atoms with van der Waals surface area (Å²) in [4.78, 5) is 14.8. The molecule has 0 bridgehead atoms. The number of hydrogen-bond acceptors (Lipinski definition) is 5. The highest BCUT2D eigenvalue weighted by atomic mass is 19.4. The Morgan fingerprint density at radius 1 is 1.11 bits per heavy atom. The summed E-state index contributed by atoms with van der Waals surface area (Å²) >= 11 is 0. The normalized spacial score (nSPS) is 23.4. The van der Waals surface area contributed by atoms with Crippen molar-refractivity contribution in [2.45, 2.75) is 50.5 Å². The Morgan fingerprint density at radius 2 is 1.89 bits per heavy atom. The van der Waals surface area contributed by atoms with Crippen LogP contribution in [-0.4, -0.2) is 62.7 Å². The van der Waals surface area contributed by atoms with Crippen LogP contribution in [0.1, 0.15) is 42.7 Å². The van der Waals surface area contributed by atoms with E-state index >= 15 is 0 Å². The van der Waals surface area contributed by atoms with Gasteiger partial charge in [0.2, 0.25) is 5.91 Å². The van der Waals surface area contributed by atoms with Crippen LogP contribution in [0.2, 0.25) is 0 Å². The van der Waals surface area contributed by atoms with Gasteiger partial charge in [-0.25, -0.2) is 4.39 Å². The van der Waals surface area contributed by atoms with Gasteiger partial charge in [0.05, 0.1) is 19.6 Å². The molecule has 0 unspecified atom stereocenters. The highest BCUT2D eigenvalue weighted by Crippen LogP contribution is 2.50. The quantitative estimate of drug-likeness (QED) is 0.537. The third-order valence-corrected chi connectivity index (χ3v) is 8.07. The predicted molar refractivity (Wildman–Crippen MR) is 132 cm³/mol. The number of para-hydroxylation sites is 1. The molecule has 0 aliphatic carbocycles. The lowest BCUT2D eigenvalue weighted by atomic mass is 9.62. The molecular weight excluding hydrogens is 504 g/mol. The molecule has 1 spiro atoms. The average Bonchev–Trinajstić information content (AvgIpc) is 3.39. The first-order chi connectivity index (χ1) is 18.2. The highest BCUT2D eigenvalue weighted by molar-refractivity contribution is 5.79. The maximum Gasteiger partial charge on any atom is 0.573 e. The number of nitrogens with zero attached hydrogens (tertiary/aromatic N) is 1. The molecule has 1 amide bonds. The maximum atomic E-state index is 14.2. The Labute approximate surface area is 219 Å². The van der Waals surface area contributed by atoms with Crippen molar-refractivity contribution < 1.29 is 36.6 Å². The average molecular weight is 537 g/mol. The zero-order chi connectivity index (χ0) is 26.8. The summed E-state index contributed by atoms with van der Waals surface area (Å²) in [6, 6.07) is 10.5. The molecule has 1 N–H and O–H groups in total. The minimum absolute atomic E-state index is 0.0762. The van der Waals surface area contributed by atoms with Gasteiger partial charge in [0.25, 0.3) is 0 Å². The topological polar surface area (TPSA) is 60.0 Å². The molecule has 3 saturated heterocycles. The molecule has 6 nitrogen and oxygen atoms in total. The summed E-state index contributed by atoms with van der Waals surface area (Å²) in [6.07, 6.45) is -1.93. The van der Waals surface area contributed by atoms with E-state index in [2.05, 4.69) is 10.1 Å². The van der Waals surface area contributed by atoms with E-state index in [0.717, 1.165) is 44.3 Å². The molecule has 3 aliphatic heterocycles. The van der Waals surface area contributed by atoms with Gasteiger partial charge in [-0.15, -0.1) is 13.2 Å². The summed E-state index contributed by atoms with van der Waals surface area (Å²) in [5.41, 5.74) is 1.07. The van der Waals surface area contributed by atoms with Crippen molar-refractivity contribution in [3.8, 4) is 11.5 Å². The Hall–Kier alpha value is -2.85. The van der Waals surface area contributed by atoms with Crippen LogP contribution in [0, 0.1) is 11.2 Å². The van der Waals surface area contributed by atoms with E-state index < -0.39 is 6.36 Å². The second-order valence-electron chi connectivity index (χ2n) is 10.4. The number of nitrogens with one attached hydrogen (secondary N) is 1. The lowest BCUT2D eigenvalue weighted by molar-refractivity contribution is -0.274. The molecule has 2 atom stereocenters. The van der Waals surface area contributed by atoms with E-state index in [1.165, 1.54) is 30.3 Å². The second kappa shape index (κ2) is 11.1. The van der Waals surface area contributed by atoms with E-state index in [9.17, 15) is 22.4 Å². The number of benzene rings is 2. The molecule has 38 heavy (non-hydrogen) atoms. The summed E-state index contributed by atoms with van der Waals surface area (Å²) in [6.45, 7) is 3.69. The summed E-state index contributed by atoms with van der Waals surface area (Å²) in [5, 5.41) is 3.47. The van der Waals surface area contributed by atoms with Gasteiger partial charge < -0.3 is 24.4 Å². The standard InChI is InChI=1S/C28H32F4N2O4/c29-20-5-6-22(25(16-20)37-21-7-14-36-18-21)23-17-33-11-8-27(23)9-12-34(13-10-27)26(35)15-19-3-1-2-4-24(19)38-28(30,31)32/h1-6,16,21,23,33H,7-15,17-18H2/t21-,23+/m1/s1. The molecule has 10 heteroatoms. The van der Waals surface area contributed by atoms with E-state index in [1.807, 2.05) is 6.07 Å². The zero-order valence-electron chi connectivity index (χ0n) is 21.1. The van der Waals surface area contributed by atoms with Gasteiger partial charge in [0.1, 0.15) is 23.4 Å². The fraction of sp³-hybridized carbons (Fsp3) is 0.536. The van der Waals surface area contributed by atoms with Crippen LogP contribution in [-0.2, 0) is 16.0 Å². The second-order valence-corrected chi connectivity index (χ2v) is 10.4. The fourth-order valence-electron chi connectivity index (χ4n) is 6.05. The van der Waals surface area contributed by atoms with Crippen LogP contribution in [0.25, 0.3) is 0 Å². The molecule has 3 fully saturated rings. The molecule has 2 aromatic rings. The van der Waals surface area contributed by atoms with Gasteiger partial charge in [-0.2, -0.15) is 0 Å². The van der Waals surface area contributed by atoms with Gasteiger partial charge in [-0.3, -0.25) is 4.79 Å². The van der Waals surface area contributed by atoms with Crippen molar-refractivity contribution in [1.82, 2.24) is 10.2 Å². The number of carbonyl (C=O) groups is 1. The summed E-state index contributed by atoms with van der Waals surface area (Å²) in [5.74, 6) is -0.302. The molecule has 0 saturated carbocycles. The molecule has 3 aliphatic rings. The number of ether oxygens (including phenoxy) is 3. The first kappa shape index (κ1) is 26.7. The highest BCUT2D eigenvalue weighted by Gasteiger charge is 2.45. The first-order valence-corrected chi connectivity index (χ1v) is 13.1. The summed E-state index contributed by atoms with van der Waals surface area (Å²) < 4.78 is 68.4. The lowest BCUT2D eigenvalue weighted by Crippen LogP contribution is -2.51. The number of piperidine rings is 2. The minimum Gasteiger partial charge on any atom is -0.488 e. The van der Waals surface area contributed by atoms with Crippen LogP contribution in [0.3, 0.4) is 0 Å². The fourth-order valence-corrected chi connectivity index (χ4v) is 6.05. The Bertz CT molecular complexity index is 1130. The van der Waals surface area contributed by atoms with Gasteiger partial charge in [-0.1, -0.05) is 24.3 Å². The molecule has 5 rings (SSSR count). The zero-order valence-corrected chi connectivity index (χ0v) is 21.1. The first-order valence-electron chi connectivity index (χ1n) is 13.1. The van der Waals surface area contributed by atoms with Gasteiger partial charge in [0.15, 0.2) is 0 Å². The number of hydrogen-bond donors (Lipinski definition) is 1. The van der Waals surface area contributed by atoms with Crippen LogP contribution in [0.5, 0.6) is 11.5 Å². The molecule has 2 aromatic carbocycles. The van der Waals surface area contributed by atoms with E-state index in [0.29, 0.717) is 32.1 Å². The Kier molecular flexibility index (Phi) is 7.81. The molecule has 3 heterocycles. The SMILES string of the molecule is O=C(Cc1ccccc1OC(F)(F)F)N1CCC2(CCNC[C@H]2c2ccc(F)cc2O[C@@H]2CCOC2)CC1. The van der Waals surface area contributed by atoms with Crippen molar-refractivity contribution >= 4 is 5.91 Å². The number of alkyl halides is 3. The van der Waals surface area contributed by atoms with Crippen LogP contribution >= 0.6 is 0 Å².